The Bertz CT molecular complexity index is 1030. The average Bonchev–Trinajstić information content (AvgIpc) is 3.05. The van der Waals surface area contributed by atoms with Crippen LogP contribution in [0.3, 0.4) is 0 Å². The number of aryl methyl sites for hydroxylation is 2. The standard InChI is InChI=1S/C22H27N5O2.ClH/c1-15(13-27-8-10-29-11-9-27)23-22(28)18-12-21(19-14-26(3)25-16(19)2)24-20-7-5-4-6-17(18)20;/h4-7,12,14-15H,8-11,13H2,1-3H3,(H,23,28);1H. The van der Waals surface area contributed by atoms with E-state index in [1.165, 1.54) is 0 Å². The normalized spacial score (nSPS) is 15.6. The maximum atomic E-state index is 13.2. The van der Waals surface area contributed by atoms with Crippen LogP contribution in [-0.2, 0) is 11.8 Å². The molecule has 1 amide bonds. The van der Waals surface area contributed by atoms with Crippen LogP contribution in [0.4, 0.5) is 0 Å². The van der Waals surface area contributed by atoms with Gasteiger partial charge >= 0.3 is 0 Å². The van der Waals surface area contributed by atoms with Gasteiger partial charge in [-0.05, 0) is 26.0 Å². The van der Waals surface area contributed by atoms with Crippen molar-refractivity contribution in [2.75, 3.05) is 32.8 Å². The molecule has 1 aliphatic heterocycles. The molecule has 3 aromatic rings. The van der Waals surface area contributed by atoms with E-state index in [1.54, 1.807) is 4.68 Å². The summed E-state index contributed by atoms with van der Waals surface area (Å²) < 4.78 is 7.17. The molecule has 3 heterocycles. The average molecular weight is 430 g/mol. The largest absolute Gasteiger partial charge is 0.379 e. The molecular formula is C22H28ClN5O2. The smallest absolute Gasteiger partial charge is 0.252 e. The molecule has 160 valence electrons. The molecule has 0 spiro atoms. The lowest BCUT2D eigenvalue weighted by molar-refractivity contribution is 0.0342. The molecule has 0 bridgehead atoms. The number of morpholine rings is 1. The number of fused-ring (bicyclic) bond motifs is 1. The molecule has 30 heavy (non-hydrogen) atoms. The molecule has 1 aromatic carbocycles. The number of carbonyl (C=O) groups excluding carboxylic acids is 1. The first-order chi connectivity index (χ1) is 14.0. The number of para-hydroxylation sites is 1. The van der Waals surface area contributed by atoms with Crippen molar-refractivity contribution < 1.29 is 9.53 Å². The number of carbonyl (C=O) groups is 1. The minimum atomic E-state index is -0.0767. The van der Waals surface area contributed by atoms with Gasteiger partial charge < -0.3 is 10.1 Å². The number of rotatable bonds is 5. The molecule has 4 rings (SSSR count). The van der Waals surface area contributed by atoms with E-state index < -0.39 is 0 Å². The third-order valence-corrected chi connectivity index (χ3v) is 5.26. The van der Waals surface area contributed by atoms with Crippen molar-refractivity contribution in [2.45, 2.75) is 19.9 Å². The Hall–Kier alpha value is -2.48. The van der Waals surface area contributed by atoms with Crippen LogP contribution in [0.5, 0.6) is 0 Å². The lowest BCUT2D eigenvalue weighted by atomic mass is 10.0. The van der Waals surface area contributed by atoms with Gasteiger partial charge in [-0.2, -0.15) is 5.10 Å². The molecule has 1 aliphatic rings. The zero-order valence-electron chi connectivity index (χ0n) is 17.6. The third kappa shape index (κ3) is 4.80. The Morgan fingerprint density at radius 3 is 2.70 bits per heavy atom. The molecule has 7 nitrogen and oxygen atoms in total. The highest BCUT2D eigenvalue weighted by atomic mass is 35.5. The second-order valence-electron chi connectivity index (χ2n) is 7.66. The predicted molar refractivity (Wildman–Crippen MR) is 120 cm³/mol. The van der Waals surface area contributed by atoms with Crippen LogP contribution in [0, 0.1) is 6.92 Å². The first-order valence-corrected chi connectivity index (χ1v) is 10.0. The quantitative estimate of drug-likeness (QED) is 0.675. The van der Waals surface area contributed by atoms with E-state index in [0.29, 0.717) is 5.56 Å². The molecule has 1 N–H and O–H groups in total. The number of aromatic nitrogens is 3. The van der Waals surface area contributed by atoms with Crippen molar-refractivity contribution in [3.8, 4) is 11.3 Å². The van der Waals surface area contributed by atoms with Crippen LogP contribution in [0.15, 0.2) is 36.5 Å². The fourth-order valence-corrected chi connectivity index (χ4v) is 3.87. The Kier molecular flexibility index (Phi) is 7.07. The van der Waals surface area contributed by atoms with Crippen molar-refractivity contribution in [2.24, 2.45) is 7.05 Å². The number of nitrogens with zero attached hydrogens (tertiary/aromatic N) is 4. The number of amides is 1. The van der Waals surface area contributed by atoms with Crippen molar-refractivity contribution in [3.05, 3.63) is 47.8 Å². The highest BCUT2D eigenvalue weighted by Gasteiger charge is 2.19. The molecule has 2 aromatic heterocycles. The van der Waals surface area contributed by atoms with Gasteiger partial charge in [0.15, 0.2) is 0 Å². The molecule has 1 saturated heterocycles. The summed E-state index contributed by atoms with van der Waals surface area (Å²) in [6.07, 6.45) is 1.94. The van der Waals surface area contributed by atoms with Crippen LogP contribution >= 0.6 is 12.4 Å². The van der Waals surface area contributed by atoms with Crippen LogP contribution in [0.2, 0.25) is 0 Å². The van der Waals surface area contributed by atoms with Gasteiger partial charge in [0.05, 0.1) is 35.7 Å². The van der Waals surface area contributed by atoms with Gasteiger partial charge in [0, 0.05) is 49.9 Å². The maximum absolute atomic E-state index is 13.2. The number of halogens is 1. The number of pyridine rings is 1. The Balaban J connectivity index is 0.00000256. The first-order valence-electron chi connectivity index (χ1n) is 10.0. The summed E-state index contributed by atoms with van der Waals surface area (Å²) in [4.78, 5) is 20.3. The zero-order chi connectivity index (χ0) is 20.4. The van der Waals surface area contributed by atoms with E-state index in [2.05, 4.69) is 15.3 Å². The highest BCUT2D eigenvalue weighted by molar-refractivity contribution is 6.07. The highest BCUT2D eigenvalue weighted by Crippen LogP contribution is 2.26. The third-order valence-electron chi connectivity index (χ3n) is 5.26. The van der Waals surface area contributed by atoms with Crippen LogP contribution in [-0.4, -0.2) is 64.5 Å². The topological polar surface area (TPSA) is 72.3 Å². The number of hydrogen-bond acceptors (Lipinski definition) is 5. The number of nitrogens with one attached hydrogen (secondary N) is 1. The summed E-state index contributed by atoms with van der Waals surface area (Å²) in [6.45, 7) is 8.13. The van der Waals surface area contributed by atoms with Gasteiger partial charge in [-0.3, -0.25) is 14.4 Å². The molecule has 1 atom stereocenters. The summed E-state index contributed by atoms with van der Waals surface area (Å²) in [7, 11) is 1.89. The lowest BCUT2D eigenvalue weighted by Crippen LogP contribution is -2.46. The summed E-state index contributed by atoms with van der Waals surface area (Å²) in [5.41, 5.74) is 4.04. The molecule has 0 saturated carbocycles. The van der Waals surface area contributed by atoms with Gasteiger partial charge in [-0.1, -0.05) is 18.2 Å². The van der Waals surface area contributed by atoms with Crippen molar-refractivity contribution in [1.29, 1.82) is 0 Å². The van der Waals surface area contributed by atoms with Gasteiger partial charge in [-0.15, -0.1) is 12.4 Å². The van der Waals surface area contributed by atoms with Crippen molar-refractivity contribution >= 4 is 29.2 Å². The van der Waals surface area contributed by atoms with E-state index in [4.69, 9.17) is 9.72 Å². The summed E-state index contributed by atoms with van der Waals surface area (Å²) in [6, 6.07) is 9.69. The monoisotopic (exact) mass is 429 g/mol. The minimum Gasteiger partial charge on any atom is -0.379 e. The summed E-state index contributed by atoms with van der Waals surface area (Å²) in [5.74, 6) is -0.0767. The second kappa shape index (κ2) is 9.55. The Labute approximate surface area is 182 Å². The second-order valence-corrected chi connectivity index (χ2v) is 7.66. The molecule has 1 unspecified atom stereocenters. The van der Waals surface area contributed by atoms with E-state index in [1.807, 2.05) is 57.4 Å². The lowest BCUT2D eigenvalue weighted by Gasteiger charge is -2.29. The van der Waals surface area contributed by atoms with Gasteiger partial charge in [0.25, 0.3) is 5.91 Å². The Morgan fingerprint density at radius 1 is 1.27 bits per heavy atom. The fraction of sp³-hybridized carbons (Fsp3) is 0.409. The van der Waals surface area contributed by atoms with E-state index in [9.17, 15) is 4.79 Å². The predicted octanol–water partition coefficient (Wildman–Crippen LogP) is 2.82. The molecule has 1 fully saturated rings. The molecular weight excluding hydrogens is 402 g/mol. The number of hydrogen-bond donors (Lipinski definition) is 1. The Morgan fingerprint density at radius 2 is 2.00 bits per heavy atom. The van der Waals surface area contributed by atoms with E-state index >= 15 is 0 Å². The van der Waals surface area contributed by atoms with Crippen molar-refractivity contribution in [1.82, 2.24) is 25.0 Å². The van der Waals surface area contributed by atoms with E-state index in [-0.39, 0.29) is 24.4 Å². The SMILES string of the molecule is Cc1nn(C)cc1-c1cc(C(=O)NC(C)CN2CCOCC2)c2ccccc2n1.Cl. The van der Waals surface area contributed by atoms with E-state index in [0.717, 1.165) is 60.7 Å². The van der Waals surface area contributed by atoms with Crippen LogP contribution < -0.4 is 5.32 Å². The number of ether oxygens (including phenoxy) is 1. The molecule has 8 heteroatoms. The van der Waals surface area contributed by atoms with Gasteiger partial charge in [0.2, 0.25) is 0 Å². The van der Waals surface area contributed by atoms with Crippen molar-refractivity contribution in [3.63, 3.8) is 0 Å². The first kappa shape index (κ1) is 22.2. The zero-order valence-corrected chi connectivity index (χ0v) is 18.4. The maximum Gasteiger partial charge on any atom is 0.252 e. The molecule has 0 aliphatic carbocycles. The molecule has 0 radical (unpaired) electrons. The number of benzene rings is 1. The summed E-state index contributed by atoms with van der Waals surface area (Å²) in [5, 5.41) is 8.44. The fourth-order valence-electron chi connectivity index (χ4n) is 3.87. The van der Waals surface area contributed by atoms with Gasteiger partial charge in [0.1, 0.15) is 0 Å². The summed E-state index contributed by atoms with van der Waals surface area (Å²) >= 11 is 0. The minimum absolute atomic E-state index is 0. The van der Waals surface area contributed by atoms with Crippen LogP contribution in [0.25, 0.3) is 22.2 Å². The van der Waals surface area contributed by atoms with Gasteiger partial charge in [-0.25, -0.2) is 4.98 Å². The van der Waals surface area contributed by atoms with Crippen LogP contribution in [0.1, 0.15) is 23.0 Å².